The van der Waals surface area contributed by atoms with E-state index in [1.165, 1.54) is 18.2 Å². The number of rotatable bonds is 7. The molecule has 0 aromatic heterocycles. The minimum absolute atomic E-state index is 0.232. The number of imide groups is 1. The number of fused-ring (bicyclic) bond motifs is 1. The third kappa shape index (κ3) is 4.15. The van der Waals surface area contributed by atoms with Crippen molar-refractivity contribution in [3.05, 3.63) is 75.1 Å². The molecule has 0 saturated heterocycles. The Morgan fingerprint density at radius 1 is 1.13 bits per heavy atom. The number of aliphatic hydroxyl groups excluding tert-OH is 1. The first-order valence-electron chi connectivity index (χ1n) is 9.50. The number of nitro benzene ring substituents is 1. The summed E-state index contributed by atoms with van der Waals surface area (Å²) in [6, 6.07) is 9.03. The molecule has 0 aliphatic carbocycles. The number of halogens is 1. The number of nitrogens with zero attached hydrogens (tertiary/aromatic N) is 3. The summed E-state index contributed by atoms with van der Waals surface area (Å²) in [6.07, 6.45) is -1.31. The summed E-state index contributed by atoms with van der Waals surface area (Å²) >= 11 is 0. The summed E-state index contributed by atoms with van der Waals surface area (Å²) in [7, 11) is 0. The van der Waals surface area contributed by atoms with E-state index in [2.05, 4.69) is 0 Å². The maximum absolute atomic E-state index is 14.5. The fraction of sp³-hybridized carbons (Fsp3) is 0.286. The van der Waals surface area contributed by atoms with Crippen LogP contribution in [0.3, 0.4) is 0 Å². The van der Waals surface area contributed by atoms with Crippen molar-refractivity contribution in [2.24, 2.45) is 0 Å². The van der Waals surface area contributed by atoms with E-state index in [9.17, 15) is 34.0 Å². The van der Waals surface area contributed by atoms with Gasteiger partial charge in [-0.25, -0.2) is 0 Å². The average molecular weight is 429 g/mol. The number of nitro groups is 1. The molecule has 2 aromatic carbocycles. The highest BCUT2D eigenvalue weighted by molar-refractivity contribution is 6.21. The maximum atomic E-state index is 14.5. The average Bonchev–Trinajstić information content (AvgIpc) is 2.96. The highest BCUT2D eigenvalue weighted by Crippen LogP contribution is 2.24. The van der Waals surface area contributed by atoms with Crippen molar-refractivity contribution in [2.75, 3.05) is 13.1 Å². The normalized spacial score (nSPS) is 14.0. The number of carbonyl (C=O) groups excluding carboxylic acids is 3. The predicted octanol–water partition coefficient (Wildman–Crippen LogP) is 2.24. The Bertz CT molecular complexity index is 1040. The molecular formula is C21H20FN3O6. The van der Waals surface area contributed by atoms with Crippen LogP contribution in [0.1, 0.15) is 44.9 Å². The molecule has 0 fully saturated rings. The van der Waals surface area contributed by atoms with E-state index in [0.29, 0.717) is 0 Å². The molecule has 9 nitrogen and oxygen atoms in total. The molecule has 31 heavy (non-hydrogen) atoms. The van der Waals surface area contributed by atoms with E-state index < -0.39 is 51.9 Å². The van der Waals surface area contributed by atoms with Gasteiger partial charge < -0.3 is 10.0 Å². The fourth-order valence-electron chi connectivity index (χ4n) is 3.41. The van der Waals surface area contributed by atoms with Gasteiger partial charge in [-0.3, -0.25) is 29.4 Å². The predicted molar refractivity (Wildman–Crippen MR) is 107 cm³/mol. The van der Waals surface area contributed by atoms with Crippen LogP contribution in [-0.4, -0.2) is 62.8 Å². The zero-order valence-corrected chi connectivity index (χ0v) is 16.8. The number of benzene rings is 2. The zero-order valence-electron chi connectivity index (χ0n) is 16.8. The van der Waals surface area contributed by atoms with Crippen LogP contribution >= 0.6 is 0 Å². The number of hydrogen-bond acceptors (Lipinski definition) is 6. The van der Waals surface area contributed by atoms with Crippen molar-refractivity contribution in [3.8, 4) is 0 Å². The van der Waals surface area contributed by atoms with Gasteiger partial charge in [-0.05, 0) is 32.0 Å². The van der Waals surface area contributed by atoms with E-state index >= 15 is 0 Å². The van der Waals surface area contributed by atoms with Crippen LogP contribution in [-0.2, 0) is 0 Å². The Morgan fingerprint density at radius 3 is 2.23 bits per heavy atom. The lowest BCUT2D eigenvalue weighted by Gasteiger charge is -2.30. The van der Waals surface area contributed by atoms with Gasteiger partial charge in [0.15, 0.2) is 0 Å². The van der Waals surface area contributed by atoms with Crippen LogP contribution in [0.15, 0.2) is 42.5 Å². The molecule has 1 heterocycles. The second-order valence-electron chi connectivity index (χ2n) is 7.37. The number of amides is 3. The standard InChI is InChI=1S/C21H20FN3O6/c1-12(2)23(21(29)16-8-5-9-17(18(16)22)25(30)31)10-13(26)11-24-19(27)14-6-3-4-7-15(14)20(24)28/h3-9,12-13,26H,10-11H2,1-2H3/t13-/m0/s1. The van der Waals surface area contributed by atoms with Crippen molar-refractivity contribution >= 4 is 23.4 Å². The first-order valence-corrected chi connectivity index (χ1v) is 9.50. The van der Waals surface area contributed by atoms with Gasteiger partial charge in [-0.15, -0.1) is 0 Å². The lowest BCUT2D eigenvalue weighted by Crippen LogP contribution is -2.47. The molecule has 1 atom stereocenters. The van der Waals surface area contributed by atoms with Gasteiger partial charge in [0.2, 0.25) is 5.82 Å². The number of aliphatic hydroxyl groups is 1. The van der Waals surface area contributed by atoms with Crippen LogP contribution < -0.4 is 0 Å². The number of β-amino-alcohol motifs (C(OH)–C–C–N with tert-alkyl or cyclic N) is 1. The SMILES string of the molecule is CC(C)N(C[C@H](O)CN1C(=O)c2ccccc2C1=O)C(=O)c1cccc([N+](=O)[O-])c1F. The molecule has 3 rings (SSSR count). The Labute approximate surface area is 176 Å². The third-order valence-electron chi connectivity index (χ3n) is 4.97. The molecule has 0 saturated carbocycles. The molecule has 2 aromatic rings. The first kappa shape index (κ1) is 22.0. The fourth-order valence-corrected chi connectivity index (χ4v) is 3.41. The molecular weight excluding hydrogens is 409 g/mol. The van der Waals surface area contributed by atoms with Crippen LogP contribution in [0.2, 0.25) is 0 Å². The smallest absolute Gasteiger partial charge is 0.305 e. The quantitative estimate of drug-likeness (QED) is 0.409. The van der Waals surface area contributed by atoms with Crippen molar-refractivity contribution < 1.29 is 28.8 Å². The number of hydrogen-bond donors (Lipinski definition) is 1. The van der Waals surface area contributed by atoms with Gasteiger partial charge in [0.05, 0.1) is 34.3 Å². The molecule has 0 unspecified atom stereocenters. The molecule has 0 radical (unpaired) electrons. The van der Waals surface area contributed by atoms with Crippen molar-refractivity contribution in [1.82, 2.24) is 9.80 Å². The van der Waals surface area contributed by atoms with E-state index in [4.69, 9.17) is 0 Å². The number of carbonyl (C=O) groups is 3. The highest BCUT2D eigenvalue weighted by Gasteiger charge is 2.37. The second kappa shape index (κ2) is 8.60. The summed E-state index contributed by atoms with van der Waals surface area (Å²) < 4.78 is 14.5. The Kier molecular flexibility index (Phi) is 6.11. The molecule has 10 heteroatoms. The van der Waals surface area contributed by atoms with Gasteiger partial charge in [0, 0.05) is 18.7 Å². The van der Waals surface area contributed by atoms with Crippen molar-refractivity contribution in [1.29, 1.82) is 0 Å². The Morgan fingerprint density at radius 2 is 1.71 bits per heavy atom. The highest BCUT2D eigenvalue weighted by atomic mass is 19.1. The van der Waals surface area contributed by atoms with Crippen LogP contribution in [0.5, 0.6) is 0 Å². The van der Waals surface area contributed by atoms with Crippen molar-refractivity contribution in [3.63, 3.8) is 0 Å². The Hall–Kier alpha value is -3.66. The van der Waals surface area contributed by atoms with Gasteiger partial charge in [0.1, 0.15) is 0 Å². The largest absolute Gasteiger partial charge is 0.389 e. The van der Waals surface area contributed by atoms with Gasteiger partial charge in [0.25, 0.3) is 17.7 Å². The molecule has 162 valence electrons. The van der Waals surface area contributed by atoms with Gasteiger partial charge in [-0.2, -0.15) is 4.39 Å². The summed E-state index contributed by atoms with van der Waals surface area (Å²) in [5.41, 5.74) is -0.873. The summed E-state index contributed by atoms with van der Waals surface area (Å²) in [6.45, 7) is 2.58. The molecule has 0 spiro atoms. The van der Waals surface area contributed by atoms with Crippen LogP contribution in [0, 0.1) is 15.9 Å². The summed E-state index contributed by atoms with van der Waals surface area (Å²) in [5, 5.41) is 21.5. The molecule has 1 N–H and O–H groups in total. The topological polar surface area (TPSA) is 121 Å². The minimum atomic E-state index is -1.31. The molecule has 1 aliphatic heterocycles. The Balaban J connectivity index is 1.78. The molecule has 0 bridgehead atoms. The van der Waals surface area contributed by atoms with Crippen LogP contribution in [0.4, 0.5) is 10.1 Å². The molecule has 1 aliphatic rings. The first-order chi connectivity index (χ1) is 14.6. The van der Waals surface area contributed by atoms with E-state index in [0.717, 1.165) is 21.9 Å². The zero-order chi connectivity index (χ0) is 22.9. The monoisotopic (exact) mass is 429 g/mol. The van der Waals surface area contributed by atoms with E-state index in [1.807, 2.05) is 0 Å². The third-order valence-corrected chi connectivity index (χ3v) is 4.97. The van der Waals surface area contributed by atoms with E-state index in [1.54, 1.807) is 26.0 Å². The summed E-state index contributed by atoms with van der Waals surface area (Å²) in [5.74, 6) is -3.21. The lowest BCUT2D eigenvalue weighted by atomic mass is 10.1. The van der Waals surface area contributed by atoms with Crippen LogP contribution in [0.25, 0.3) is 0 Å². The van der Waals surface area contributed by atoms with E-state index in [-0.39, 0.29) is 24.2 Å². The van der Waals surface area contributed by atoms with Crippen molar-refractivity contribution in [2.45, 2.75) is 26.0 Å². The molecule has 3 amide bonds. The lowest BCUT2D eigenvalue weighted by molar-refractivity contribution is -0.387. The summed E-state index contributed by atoms with van der Waals surface area (Å²) in [4.78, 5) is 49.8. The van der Waals surface area contributed by atoms with Gasteiger partial charge in [-0.1, -0.05) is 18.2 Å². The van der Waals surface area contributed by atoms with Gasteiger partial charge >= 0.3 is 5.69 Å². The second-order valence-corrected chi connectivity index (χ2v) is 7.37. The maximum Gasteiger partial charge on any atom is 0.305 e. The minimum Gasteiger partial charge on any atom is -0.389 e.